The maximum atomic E-state index is 12.9. The summed E-state index contributed by atoms with van der Waals surface area (Å²) in [5, 5.41) is 0. The van der Waals surface area contributed by atoms with Gasteiger partial charge in [-0.2, -0.15) is 0 Å². The molecule has 0 saturated carbocycles. The molecule has 0 fully saturated rings. The van der Waals surface area contributed by atoms with Crippen LogP contribution in [0.5, 0.6) is 0 Å². The van der Waals surface area contributed by atoms with Crippen molar-refractivity contribution < 1.29 is 13.9 Å². The Labute approximate surface area is 129 Å². The zero-order valence-electron chi connectivity index (χ0n) is 12.9. The lowest BCUT2D eigenvalue weighted by molar-refractivity contribution is 0.0372. The van der Waals surface area contributed by atoms with Gasteiger partial charge in [-0.3, -0.25) is 0 Å². The first-order valence-corrected chi connectivity index (χ1v) is 7.08. The van der Waals surface area contributed by atoms with Gasteiger partial charge in [-0.05, 0) is 43.5 Å². The van der Waals surface area contributed by atoms with Crippen molar-refractivity contribution in [1.29, 1.82) is 0 Å². The van der Waals surface area contributed by atoms with Crippen LogP contribution >= 0.6 is 0 Å². The van der Waals surface area contributed by atoms with Gasteiger partial charge in [0.05, 0.1) is 11.8 Å². The molecular formula is C16H18BFN2O2. The van der Waals surface area contributed by atoms with E-state index in [-0.39, 0.29) is 17.6 Å². The Morgan fingerprint density at radius 2 is 2.00 bits per heavy atom. The molecular weight excluding hydrogens is 282 g/mol. The van der Waals surface area contributed by atoms with E-state index in [1.165, 1.54) is 12.1 Å². The molecule has 0 spiro atoms. The van der Waals surface area contributed by atoms with Gasteiger partial charge < -0.3 is 10.5 Å². The fourth-order valence-corrected chi connectivity index (χ4v) is 2.09. The SMILES string of the molecule is Bc1c(Cc2ccc(F)cc2)cnc(C(=O)OC(C)C)c1N. The molecule has 114 valence electrons. The number of carbonyl (C=O) groups excluding carboxylic acids is 1. The van der Waals surface area contributed by atoms with E-state index in [1.54, 1.807) is 32.2 Å². The highest BCUT2D eigenvalue weighted by Crippen LogP contribution is 2.14. The number of esters is 1. The minimum Gasteiger partial charge on any atom is -0.458 e. The van der Waals surface area contributed by atoms with Crippen LogP contribution in [0.1, 0.15) is 35.5 Å². The molecule has 1 heterocycles. The molecule has 0 saturated heterocycles. The number of ether oxygens (including phenoxy) is 1. The van der Waals surface area contributed by atoms with E-state index in [2.05, 4.69) is 4.98 Å². The Kier molecular flexibility index (Phi) is 4.80. The monoisotopic (exact) mass is 300 g/mol. The van der Waals surface area contributed by atoms with Crippen LogP contribution in [-0.2, 0) is 11.2 Å². The molecule has 1 aromatic carbocycles. The van der Waals surface area contributed by atoms with Gasteiger partial charge in [0.1, 0.15) is 13.7 Å². The number of aromatic nitrogens is 1. The minimum absolute atomic E-state index is 0.133. The Bertz CT molecular complexity index is 687. The van der Waals surface area contributed by atoms with Gasteiger partial charge in [0.15, 0.2) is 5.69 Å². The fourth-order valence-electron chi connectivity index (χ4n) is 2.09. The number of halogens is 1. The standard InChI is InChI=1S/C16H18BFN2O2/c1-9(2)22-16(21)15-14(19)13(17)11(8-20-15)7-10-3-5-12(18)6-4-10/h3-6,8-9H,7,17,19H2,1-2H3. The highest BCUT2D eigenvalue weighted by molar-refractivity contribution is 6.37. The predicted molar refractivity (Wildman–Crippen MR) is 86.6 cm³/mol. The van der Waals surface area contributed by atoms with Gasteiger partial charge in [-0.1, -0.05) is 17.6 Å². The summed E-state index contributed by atoms with van der Waals surface area (Å²) in [6.07, 6.45) is 1.96. The molecule has 0 radical (unpaired) electrons. The molecule has 2 N–H and O–H groups in total. The number of pyridine rings is 1. The Hall–Kier alpha value is -2.37. The van der Waals surface area contributed by atoms with Gasteiger partial charge in [0.2, 0.25) is 0 Å². The average Bonchev–Trinajstić information content (AvgIpc) is 2.45. The van der Waals surface area contributed by atoms with Crippen molar-refractivity contribution in [3.05, 3.63) is 53.1 Å². The van der Waals surface area contributed by atoms with Crippen LogP contribution in [0.25, 0.3) is 0 Å². The topological polar surface area (TPSA) is 65.2 Å². The van der Waals surface area contributed by atoms with Crippen LogP contribution in [0.4, 0.5) is 10.1 Å². The van der Waals surface area contributed by atoms with E-state index < -0.39 is 5.97 Å². The van der Waals surface area contributed by atoms with Crippen molar-refractivity contribution in [2.45, 2.75) is 26.4 Å². The summed E-state index contributed by atoms with van der Waals surface area (Å²) in [5.41, 5.74) is 9.10. The summed E-state index contributed by atoms with van der Waals surface area (Å²) in [7, 11) is 1.84. The molecule has 2 rings (SSSR count). The average molecular weight is 300 g/mol. The normalized spacial score (nSPS) is 10.7. The summed E-state index contributed by atoms with van der Waals surface area (Å²) in [6.45, 7) is 3.54. The maximum Gasteiger partial charge on any atom is 0.359 e. The van der Waals surface area contributed by atoms with E-state index in [0.29, 0.717) is 12.1 Å². The Morgan fingerprint density at radius 1 is 1.36 bits per heavy atom. The Balaban J connectivity index is 2.26. The highest BCUT2D eigenvalue weighted by Gasteiger charge is 2.17. The molecule has 22 heavy (non-hydrogen) atoms. The molecule has 0 unspecified atom stereocenters. The third kappa shape index (κ3) is 3.64. The summed E-state index contributed by atoms with van der Waals surface area (Å²) in [6, 6.07) is 6.25. The minimum atomic E-state index is -0.524. The summed E-state index contributed by atoms with van der Waals surface area (Å²) in [5.74, 6) is -0.797. The zero-order chi connectivity index (χ0) is 16.3. The number of rotatable bonds is 4. The number of benzene rings is 1. The lowest BCUT2D eigenvalue weighted by Crippen LogP contribution is -2.23. The van der Waals surface area contributed by atoms with Crippen molar-refractivity contribution in [1.82, 2.24) is 4.98 Å². The largest absolute Gasteiger partial charge is 0.458 e. The maximum absolute atomic E-state index is 12.9. The molecule has 0 aliphatic rings. The lowest BCUT2D eigenvalue weighted by Gasteiger charge is -2.13. The summed E-state index contributed by atoms with van der Waals surface area (Å²) in [4.78, 5) is 16.1. The van der Waals surface area contributed by atoms with Crippen LogP contribution in [0.15, 0.2) is 30.5 Å². The second-order valence-electron chi connectivity index (χ2n) is 5.43. The number of carbonyl (C=O) groups is 1. The van der Waals surface area contributed by atoms with Crippen LogP contribution in [0, 0.1) is 5.82 Å². The van der Waals surface area contributed by atoms with Crippen molar-refractivity contribution in [2.24, 2.45) is 0 Å². The van der Waals surface area contributed by atoms with Crippen LogP contribution in [-0.4, -0.2) is 24.9 Å². The van der Waals surface area contributed by atoms with Crippen LogP contribution in [0.2, 0.25) is 0 Å². The molecule has 0 amide bonds. The summed E-state index contributed by atoms with van der Waals surface area (Å²) < 4.78 is 18.1. The van der Waals surface area contributed by atoms with Crippen molar-refractivity contribution in [3.8, 4) is 0 Å². The van der Waals surface area contributed by atoms with Gasteiger partial charge in [-0.25, -0.2) is 14.2 Å². The van der Waals surface area contributed by atoms with Gasteiger partial charge >= 0.3 is 5.97 Å². The van der Waals surface area contributed by atoms with E-state index in [9.17, 15) is 9.18 Å². The molecule has 0 bridgehead atoms. The first-order chi connectivity index (χ1) is 10.4. The molecule has 2 aromatic rings. The number of nitrogens with zero attached hydrogens (tertiary/aromatic N) is 1. The van der Waals surface area contributed by atoms with E-state index in [1.807, 2.05) is 7.85 Å². The second kappa shape index (κ2) is 6.60. The predicted octanol–water partition coefficient (Wildman–Crippen LogP) is 1.22. The fraction of sp³-hybridized carbons (Fsp3) is 0.250. The first kappa shape index (κ1) is 16.0. The van der Waals surface area contributed by atoms with Crippen molar-refractivity contribution in [2.75, 3.05) is 5.73 Å². The Morgan fingerprint density at radius 3 is 2.59 bits per heavy atom. The second-order valence-corrected chi connectivity index (χ2v) is 5.43. The number of nitrogen functional groups attached to an aromatic ring is 1. The van der Waals surface area contributed by atoms with Gasteiger partial charge in [0, 0.05) is 6.20 Å². The third-order valence-electron chi connectivity index (χ3n) is 3.33. The van der Waals surface area contributed by atoms with E-state index in [4.69, 9.17) is 10.5 Å². The van der Waals surface area contributed by atoms with E-state index >= 15 is 0 Å². The zero-order valence-corrected chi connectivity index (χ0v) is 12.9. The van der Waals surface area contributed by atoms with Crippen molar-refractivity contribution in [3.63, 3.8) is 0 Å². The molecule has 1 aromatic heterocycles. The summed E-state index contributed by atoms with van der Waals surface area (Å²) >= 11 is 0. The first-order valence-electron chi connectivity index (χ1n) is 7.08. The van der Waals surface area contributed by atoms with Crippen molar-refractivity contribution >= 4 is 25.0 Å². The number of hydrogen-bond donors (Lipinski definition) is 1. The third-order valence-corrected chi connectivity index (χ3v) is 3.33. The van der Waals surface area contributed by atoms with Crippen LogP contribution in [0.3, 0.4) is 0 Å². The number of nitrogens with two attached hydrogens (primary N) is 1. The molecule has 0 aliphatic carbocycles. The lowest BCUT2D eigenvalue weighted by atomic mass is 9.86. The van der Waals surface area contributed by atoms with Gasteiger partial charge in [-0.15, -0.1) is 0 Å². The molecule has 0 atom stereocenters. The molecule has 6 heteroatoms. The molecule has 4 nitrogen and oxygen atoms in total. The van der Waals surface area contributed by atoms with Crippen LogP contribution < -0.4 is 11.2 Å². The smallest absolute Gasteiger partial charge is 0.359 e. The quantitative estimate of drug-likeness (QED) is 0.681. The number of anilines is 1. The van der Waals surface area contributed by atoms with E-state index in [0.717, 1.165) is 16.6 Å². The van der Waals surface area contributed by atoms with Gasteiger partial charge in [0.25, 0.3) is 0 Å². The molecule has 0 aliphatic heterocycles. The number of hydrogen-bond acceptors (Lipinski definition) is 4. The highest BCUT2D eigenvalue weighted by atomic mass is 19.1.